The second-order valence-electron chi connectivity index (χ2n) is 8.07. The predicted molar refractivity (Wildman–Crippen MR) is 116 cm³/mol. The molecular formula is C21H35N3O5S. The molecule has 1 amide bonds. The molecule has 1 aromatic rings. The van der Waals surface area contributed by atoms with E-state index < -0.39 is 10.0 Å². The quantitative estimate of drug-likeness (QED) is 0.614. The summed E-state index contributed by atoms with van der Waals surface area (Å²) in [4.78, 5) is 17.0. The largest absolute Gasteiger partial charge is 0.497 e. The molecule has 1 aromatic carbocycles. The number of rotatable bonds is 8. The van der Waals surface area contributed by atoms with Crippen molar-refractivity contribution in [2.24, 2.45) is 0 Å². The third-order valence-electron chi connectivity index (χ3n) is 5.53. The topological polar surface area (TPSA) is 79.4 Å². The third-order valence-corrected chi connectivity index (χ3v) is 7.45. The fourth-order valence-electron chi connectivity index (χ4n) is 3.93. The number of amides is 1. The van der Waals surface area contributed by atoms with E-state index in [1.54, 1.807) is 12.1 Å². The van der Waals surface area contributed by atoms with Crippen molar-refractivity contribution in [3.8, 4) is 11.5 Å². The predicted octanol–water partition coefficient (Wildman–Crippen LogP) is 2.04. The highest BCUT2D eigenvalue weighted by molar-refractivity contribution is 7.89. The van der Waals surface area contributed by atoms with Crippen LogP contribution in [0.25, 0.3) is 0 Å². The van der Waals surface area contributed by atoms with E-state index in [2.05, 4.69) is 4.90 Å². The highest BCUT2D eigenvalue weighted by Gasteiger charge is 2.35. The Morgan fingerprint density at radius 3 is 2.00 bits per heavy atom. The van der Waals surface area contributed by atoms with Crippen LogP contribution in [-0.4, -0.2) is 87.0 Å². The molecule has 0 saturated carbocycles. The number of piperazine rings is 1. The second kappa shape index (κ2) is 9.98. The van der Waals surface area contributed by atoms with Crippen LogP contribution in [0.15, 0.2) is 23.1 Å². The summed E-state index contributed by atoms with van der Waals surface area (Å²) < 4.78 is 38.3. The number of hydrogen-bond donors (Lipinski definition) is 0. The van der Waals surface area contributed by atoms with Gasteiger partial charge in [-0.1, -0.05) is 0 Å². The summed E-state index contributed by atoms with van der Waals surface area (Å²) in [5.41, 5.74) is 0. The molecule has 1 saturated heterocycles. The molecule has 0 radical (unpaired) electrons. The number of methoxy groups -OCH3 is 2. The summed E-state index contributed by atoms with van der Waals surface area (Å²) in [6, 6.07) is 4.67. The number of ether oxygens (including phenoxy) is 2. The maximum Gasteiger partial charge on any atom is 0.246 e. The van der Waals surface area contributed by atoms with Crippen LogP contribution in [0.1, 0.15) is 34.6 Å². The number of carbonyl (C=O) groups excluding carboxylic acids is 1. The number of hydrogen-bond acceptors (Lipinski definition) is 6. The summed E-state index contributed by atoms with van der Waals surface area (Å²) in [5, 5.41) is 0. The van der Waals surface area contributed by atoms with Gasteiger partial charge in [0.25, 0.3) is 0 Å². The van der Waals surface area contributed by atoms with E-state index in [1.807, 2.05) is 39.5 Å². The van der Waals surface area contributed by atoms with Crippen LogP contribution in [-0.2, 0) is 14.8 Å². The molecule has 9 heteroatoms. The van der Waals surface area contributed by atoms with Gasteiger partial charge in [0.1, 0.15) is 16.4 Å². The Labute approximate surface area is 180 Å². The molecule has 1 unspecified atom stereocenters. The molecule has 1 aliphatic rings. The average Bonchev–Trinajstić information content (AvgIpc) is 2.72. The second-order valence-corrected chi connectivity index (χ2v) is 9.97. The van der Waals surface area contributed by atoms with Gasteiger partial charge in [0.15, 0.2) is 0 Å². The van der Waals surface area contributed by atoms with Crippen molar-refractivity contribution < 1.29 is 22.7 Å². The molecule has 1 heterocycles. The molecule has 30 heavy (non-hydrogen) atoms. The molecule has 0 aromatic heterocycles. The van der Waals surface area contributed by atoms with Gasteiger partial charge in [-0.2, -0.15) is 4.31 Å². The summed E-state index contributed by atoms with van der Waals surface area (Å²) >= 11 is 0. The SMILES string of the molecule is COc1ccc(OC)c(S(=O)(=O)N2CCN(C(C)C(=O)N(C(C)C)C(C)C)CC2)c1. The third kappa shape index (κ3) is 5.07. The number of carbonyl (C=O) groups is 1. The van der Waals surface area contributed by atoms with Crippen LogP contribution in [0.4, 0.5) is 0 Å². The van der Waals surface area contributed by atoms with Gasteiger partial charge in [-0.15, -0.1) is 0 Å². The van der Waals surface area contributed by atoms with E-state index in [0.717, 1.165) is 0 Å². The van der Waals surface area contributed by atoms with Gasteiger partial charge in [-0.25, -0.2) is 8.42 Å². The minimum absolute atomic E-state index is 0.0748. The first-order valence-corrected chi connectivity index (χ1v) is 11.8. The van der Waals surface area contributed by atoms with E-state index in [1.165, 1.54) is 24.6 Å². The highest BCUT2D eigenvalue weighted by atomic mass is 32.2. The van der Waals surface area contributed by atoms with Crippen LogP contribution in [0.5, 0.6) is 11.5 Å². The van der Waals surface area contributed by atoms with E-state index in [9.17, 15) is 13.2 Å². The van der Waals surface area contributed by atoms with E-state index >= 15 is 0 Å². The zero-order valence-corrected chi connectivity index (χ0v) is 19.9. The lowest BCUT2D eigenvalue weighted by molar-refractivity contribution is -0.140. The molecule has 1 aliphatic heterocycles. The molecule has 0 aliphatic carbocycles. The Kier molecular flexibility index (Phi) is 8.13. The number of benzene rings is 1. The maximum atomic E-state index is 13.2. The van der Waals surface area contributed by atoms with Crippen LogP contribution in [0.3, 0.4) is 0 Å². The lowest BCUT2D eigenvalue weighted by Crippen LogP contribution is -2.57. The van der Waals surface area contributed by atoms with Crippen molar-refractivity contribution in [1.29, 1.82) is 0 Å². The van der Waals surface area contributed by atoms with Gasteiger partial charge in [0.05, 0.1) is 20.3 Å². The Morgan fingerprint density at radius 2 is 1.53 bits per heavy atom. The Bertz CT molecular complexity index is 825. The highest BCUT2D eigenvalue weighted by Crippen LogP contribution is 2.31. The van der Waals surface area contributed by atoms with E-state index in [-0.39, 0.29) is 34.7 Å². The molecular weight excluding hydrogens is 406 g/mol. The fraction of sp³-hybridized carbons (Fsp3) is 0.667. The Morgan fingerprint density at radius 1 is 0.967 bits per heavy atom. The summed E-state index contributed by atoms with van der Waals surface area (Å²) in [7, 11) is -0.805. The number of sulfonamides is 1. The molecule has 2 rings (SSSR count). The van der Waals surface area contributed by atoms with Crippen molar-refractivity contribution in [2.75, 3.05) is 40.4 Å². The van der Waals surface area contributed by atoms with Gasteiger partial charge in [-0.05, 0) is 46.8 Å². The van der Waals surface area contributed by atoms with E-state index in [4.69, 9.17) is 9.47 Å². The molecule has 0 bridgehead atoms. The van der Waals surface area contributed by atoms with Gasteiger partial charge in [-0.3, -0.25) is 9.69 Å². The van der Waals surface area contributed by atoms with Crippen LogP contribution in [0, 0.1) is 0 Å². The van der Waals surface area contributed by atoms with Crippen molar-refractivity contribution >= 4 is 15.9 Å². The maximum absolute atomic E-state index is 13.2. The summed E-state index contributed by atoms with van der Waals surface area (Å²) in [5.74, 6) is 0.812. The van der Waals surface area contributed by atoms with Crippen molar-refractivity contribution in [3.63, 3.8) is 0 Å². The molecule has 170 valence electrons. The first kappa shape index (κ1) is 24.4. The Balaban J connectivity index is 2.14. The first-order chi connectivity index (χ1) is 14.0. The van der Waals surface area contributed by atoms with Gasteiger partial charge >= 0.3 is 0 Å². The first-order valence-electron chi connectivity index (χ1n) is 10.3. The average molecular weight is 442 g/mol. The summed E-state index contributed by atoms with van der Waals surface area (Å²) in [6.45, 7) is 11.5. The van der Waals surface area contributed by atoms with E-state index in [0.29, 0.717) is 31.9 Å². The van der Waals surface area contributed by atoms with Gasteiger partial charge < -0.3 is 14.4 Å². The molecule has 1 atom stereocenters. The standard InChI is InChI=1S/C21H35N3O5S/c1-15(2)24(16(3)4)21(25)17(5)22-10-12-23(13-11-22)30(26,27)20-14-18(28-6)8-9-19(20)29-7/h8-9,14-17H,10-13H2,1-7H3. The molecule has 8 nitrogen and oxygen atoms in total. The molecule has 0 N–H and O–H groups in total. The fourth-order valence-corrected chi connectivity index (χ4v) is 5.53. The van der Waals surface area contributed by atoms with Crippen molar-refractivity contribution in [3.05, 3.63) is 18.2 Å². The molecule has 1 fully saturated rings. The zero-order valence-electron chi connectivity index (χ0n) is 19.1. The monoisotopic (exact) mass is 441 g/mol. The van der Waals surface area contributed by atoms with Gasteiger partial charge in [0.2, 0.25) is 15.9 Å². The minimum atomic E-state index is -3.74. The summed E-state index contributed by atoms with van der Waals surface area (Å²) in [6.07, 6.45) is 0. The Hall–Kier alpha value is -1.84. The lowest BCUT2D eigenvalue weighted by atomic mass is 10.1. The normalized spacial score (nSPS) is 17.2. The van der Waals surface area contributed by atoms with Gasteiger partial charge in [0, 0.05) is 44.3 Å². The zero-order chi connectivity index (χ0) is 22.6. The minimum Gasteiger partial charge on any atom is -0.497 e. The van der Waals surface area contributed by atoms with Crippen molar-refractivity contribution in [1.82, 2.24) is 14.1 Å². The number of nitrogens with zero attached hydrogens (tertiary/aromatic N) is 3. The smallest absolute Gasteiger partial charge is 0.246 e. The van der Waals surface area contributed by atoms with Crippen molar-refractivity contribution in [2.45, 2.75) is 57.6 Å². The molecule has 0 spiro atoms. The lowest BCUT2D eigenvalue weighted by Gasteiger charge is -2.40. The van der Waals surface area contributed by atoms with Crippen LogP contribution in [0.2, 0.25) is 0 Å². The van der Waals surface area contributed by atoms with Crippen LogP contribution < -0.4 is 9.47 Å². The van der Waals surface area contributed by atoms with Crippen LogP contribution >= 0.6 is 0 Å².